The predicted molar refractivity (Wildman–Crippen MR) is 120 cm³/mol. The molecule has 1 heterocycles. The quantitative estimate of drug-likeness (QED) is 0.398. The highest BCUT2D eigenvalue weighted by atomic mass is 19.1. The Morgan fingerprint density at radius 3 is 2.50 bits per heavy atom. The summed E-state index contributed by atoms with van der Waals surface area (Å²) in [6, 6.07) is 24.1. The fourth-order valence-electron chi connectivity index (χ4n) is 3.92. The van der Waals surface area contributed by atoms with Gasteiger partial charge in [0.25, 0.3) is 0 Å². The third kappa shape index (κ3) is 4.35. The Balaban J connectivity index is 1.40. The van der Waals surface area contributed by atoms with E-state index in [0.717, 1.165) is 29.6 Å². The van der Waals surface area contributed by atoms with Crippen molar-refractivity contribution in [3.05, 3.63) is 96.1 Å². The van der Waals surface area contributed by atoms with Crippen LogP contribution in [0.5, 0.6) is 5.75 Å². The lowest BCUT2D eigenvalue weighted by atomic mass is 10.2. The highest BCUT2D eigenvalue weighted by Crippen LogP contribution is 2.30. The first-order valence-corrected chi connectivity index (χ1v) is 10.8. The first-order valence-electron chi connectivity index (χ1n) is 10.8. The fourth-order valence-corrected chi connectivity index (χ4v) is 3.92. The minimum Gasteiger partial charge on any atom is -0.486 e. The molecule has 5 nitrogen and oxygen atoms in total. The van der Waals surface area contributed by atoms with E-state index in [1.54, 1.807) is 23.1 Å². The maximum Gasteiger partial charge on any atom is 0.243 e. The van der Waals surface area contributed by atoms with Crippen LogP contribution in [0.3, 0.4) is 0 Å². The molecule has 1 aliphatic rings. The molecule has 3 aromatic carbocycles. The zero-order valence-corrected chi connectivity index (χ0v) is 17.7. The van der Waals surface area contributed by atoms with E-state index in [9.17, 15) is 9.18 Å². The zero-order chi connectivity index (χ0) is 21.9. The summed E-state index contributed by atoms with van der Waals surface area (Å²) < 4.78 is 22.1. The second-order valence-corrected chi connectivity index (χ2v) is 8.05. The molecular formula is C26H24FN3O2. The van der Waals surface area contributed by atoms with Gasteiger partial charge in [0.15, 0.2) is 0 Å². The van der Waals surface area contributed by atoms with E-state index < -0.39 is 0 Å². The molecule has 0 aliphatic heterocycles. The molecule has 1 saturated carbocycles. The lowest BCUT2D eigenvalue weighted by molar-refractivity contribution is -0.133. The van der Waals surface area contributed by atoms with E-state index >= 15 is 0 Å². The molecule has 0 bridgehead atoms. The minimum absolute atomic E-state index is 0.0418. The number of halogens is 1. The Hall–Kier alpha value is -3.67. The van der Waals surface area contributed by atoms with E-state index in [-0.39, 0.29) is 37.5 Å². The maximum atomic E-state index is 14.2. The van der Waals surface area contributed by atoms with E-state index in [1.807, 2.05) is 59.2 Å². The van der Waals surface area contributed by atoms with Gasteiger partial charge in [-0.25, -0.2) is 9.37 Å². The molecule has 5 rings (SSSR count). The van der Waals surface area contributed by atoms with E-state index in [2.05, 4.69) is 0 Å². The highest BCUT2D eigenvalue weighted by molar-refractivity contribution is 5.81. The smallest absolute Gasteiger partial charge is 0.243 e. The van der Waals surface area contributed by atoms with Crippen molar-refractivity contribution in [3.8, 4) is 5.75 Å². The monoisotopic (exact) mass is 429 g/mol. The van der Waals surface area contributed by atoms with Crippen LogP contribution in [0.1, 0.15) is 24.2 Å². The first kappa shape index (κ1) is 20.2. The molecule has 4 aromatic rings. The average Bonchev–Trinajstić information content (AvgIpc) is 3.60. The number of para-hydroxylation sites is 3. The van der Waals surface area contributed by atoms with Gasteiger partial charge in [0.05, 0.1) is 11.0 Å². The molecule has 6 heteroatoms. The van der Waals surface area contributed by atoms with E-state index in [1.165, 1.54) is 6.07 Å². The molecule has 1 amide bonds. The topological polar surface area (TPSA) is 47.4 Å². The van der Waals surface area contributed by atoms with Crippen LogP contribution >= 0.6 is 0 Å². The van der Waals surface area contributed by atoms with Crippen LogP contribution in [0, 0.1) is 5.82 Å². The SMILES string of the molecule is O=C(Cn1c(COc2ccccc2)nc2ccccc21)N(Cc1ccccc1F)C1CC1. The highest BCUT2D eigenvalue weighted by Gasteiger charge is 2.33. The Labute approximate surface area is 186 Å². The number of nitrogens with zero attached hydrogens (tertiary/aromatic N) is 3. The van der Waals surface area contributed by atoms with Crippen LogP contribution in [0.25, 0.3) is 11.0 Å². The summed E-state index contributed by atoms with van der Waals surface area (Å²) in [5.41, 5.74) is 2.24. The Morgan fingerprint density at radius 1 is 1.00 bits per heavy atom. The second kappa shape index (κ2) is 8.83. The molecule has 0 unspecified atom stereocenters. The molecule has 0 spiro atoms. The molecule has 0 atom stereocenters. The number of carbonyl (C=O) groups excluding carboxylic acids is 1. The normalized spacial score (nSPS) is 13.3. The van der Waals surface area contributed by atoms with Gasteiger partial charge in [-0.3, -0.25) is 4.79 Å². The third-order valence-corrected chi connectivity index (χ3v) is 5.74. The van der Waals surface area contributed by atoms with Gasteiger partial charge in [-0.1, -0.05) is 48.5 Å². The second-order valence-electron chi connectivity index (χ2n) is 8.05. The first-order chi connectivity index (χ1) is 15.7. The number of ether oxygens (including phenoxy) is 1. The summed E-state index contributed by atoms with van der Waals surface area (Å²) in [6.45, 7) is 0.667. The summed E-state index contributed by atoms with van der Waals surface area (Å²) >= 11 is 0. The fraction of sp³-hybridized carbons (Fsp3) is 0.231. The lowest BCUT2D eigenvalue weighted by Crippen LogP contribution is -2.36. The van der Waals surface area contributed by atoms with Gasteiger partial charge in [0.2, 0.25) is 5.91 Å². The molecule has 1 fully saturated rings. The van der Waals surface area contributed by atoms with Crippen LogP contribution in [-0.4, -0.2) is 26.4 Å². The van der Waals surface area contributed by atoms with Crippen molar-refractivity contribution < 1.29 is 13.9 Å². The molecule has 0 N–H and O–H groups in total. The average molecular weight is 429 g/mol. The van der Waals surface area contributed by atoms with Crippen molar-refractivity contribution in [3.63, 3.8) is 0 Å². The summed E-state index contributed by atoms with van der Waals surface area (Å²) in [4.78, 5) is 19.9. The number of rotatable bonds is 8. The summed E-state index contributed by atoms with van der Waals surface area (Å²) in [5, 5.41) is 0. The van der Waals surface area contributed by atoms with Gasteiger partial charge >= 0.3 is 0 Å². The number of amides is 1. The van der Waals surface area contributed by atoms with Crippen LogP contribution in [0.4, 0.5) is 4.39 Å². The summed E-state index contributed by atoms with van der Waals surface area (Å²) in [7, 11) is 0. The van der Waals surface area contributed by atoms with Crippen molar-refractivity contribution in [2.75, 3.05) is 0 Å². The van der Waals surface area contributed by atoms with Crippen molar-refractivity contribution in [2.45, 2.75) is 38.6 Å². The van der Waals surface area contributed by atoms with Gasteiger partial charge in [0.1, 0.15) is 30.5 Å². The molecule has 32 heavy (non-hydrogen) atoms. The molecule has 0 radical (unpaired) electrons. The predicted octanol–water partition coefficient (Wildman–Crippen LogP) is 4.95. The van der Waals surface area contributed by atoms with E-state index in [0.29, 0.717) is 11.4 Å². The largest absolute Gasteiger partial charge is 0.486 e. The summed E-state index contributed by atoms with van der Waals surface area (Å²) in [5.74, 6) is 1.11. The number of imidazole rings is 1. The van der Waals surface area contributed by atoms with Gasteiger partial charge in [-0.15, -0.1) is 0 Å². The Kier molecular flexibility index (Phi) is 5.58. The van der Waals surface area contributed by atoms with Crippen LogP contribution in [-0.2, 0) is 24.5 Å². The summed E-state index contributed by atoms with van der Waals surface area (Å²) in [6.07, 6.45) is 1.91. The number of fused-ring (bicyclic) bond motifs is 1. The number of benzene rings is 3. The minimum atomic E-state index is -0.281. The van der Waals surface area contributed by atoms with Crippen molar-refractivity contribution in [1.82, 2.24) is 14.5 Å². The van der Waals surface area contributed by atoms with E-state index in [4.69, 9.17) is 9.72 Å². The molecule has 162 valence electrons. The third-order valence-electron chi connectivity index (χ3n) is 5.74. The number of carbonyl (C=O) groups is 1. The van der Waals surface area contributed by atoms with Crippen LogP contribution < -0.4 is 4.74 Å². The van der Waals surface area contributed by atoms with Crippen molar-refractivity contribution in [2.24, 2.45) is 0 Å². The molecular weight excluding hydrogens is 405 g/mol. The number of hydrogen-bond acceptors (Lipinski definition) is 3. The number of aromatic nitrogens is 2. The van der Waals surface area contributed by atoms with Gasteiger partial charge < -0.3 is 14.2 Å². The molecule has 1 aromatic heterocycles. The van der Waals surface area contributed by atoms with Crippen molar-refractivity contribution >= 4 is 16.9 Å². The molecule has 1 aliphatic carbocycles. The van der Waals surface area contributed by atoms with Crippen LogP contribution in [0.2, 0.25) is 0 Å². The maximum absolute atomic E-state index is 14.2. The zero-order valence-electron chi connectivity index (χ0n) is 17.7. The van der Waals surface area contributed by atoms with Crippen molar-refractivity contribution in [1.29, 1.82) is 0 Å². The number of hydrogen-bond donors (Lipinski definition) is 0. The standard InChI is InChI=1S/C26H24FN3O2/c27-22-11-5-4-8-19(22)16-29(20-14-15-20)26(31)17-30-24-13-7-6-12-23(24)28-25(30)18-32-21-9-2-1-3-10-21/h1-13,20H,14-18H2. The van der Waals surface area contributed by atoms with Gasteiger partial charge in [0, 0.05) is 18.2 Å². The Bertz CT molecular complexity index is 1230. The van der Waals surface area contributed by atoms with Crippen LogP contribution in [0.15, 0.2) is 78.9 Å². The van der Waals surface area contributed by atoms with Gasteiger partial charge in [-0.2, -0.15) is 0 Å². The molecule has 0 saturated heterocycles. The lowest BCUT2D eigenvalue weighted by Gasteiger charge is -2.24. The Morgan fingerprint density at radius 2 is 1.72 bits per heavy atom. The van der Waals surface area contributed by atoms with Gasteiger partial charge in [-0.05, 0) is 43.2 Å².